The number of nitrogens with zero attached hydrogens (tertiary/aromatic N) is 3. The van der Waals surface area contributed by atoms with Crippen molar-refractivity contribution in [1.29, 1.82) is 0 Å². The van der Waals surface area contributed by atoms with Crippen LogP contribution in [0.5, 0.6) is 0 Å². The van der Waals surface area contributed by atoms with Gasteiger partial charge < -0.3 is 0 Å². The number of aromatic nitrogens is 3. The van der Waals surface area contributed by atoms with Crippen LogP contribution in [0.3, 0.4) is 0 Å². The fraction of sp³-hybridized carbons (Fsp3) is 0. The van der Waals surface area contributed by atoms with Gasteiger partial charge in [0.1, 0.15) is 0 Å². The van der Waals surface area contributed by atoms with Gasteiger partial charge in [-0.1, -0.05) is 18.2 Å². The minimum atomic E-state index is 1.05. The zero-order valence-corrected chi connectivity index (χ0v) is 9.19. The van der Waals surface area contributed by atoms with E-state index in [1.807, 2.05) is 49.1 Å². The molecule has 0 bridgehead atoms. The Balaban J connectivity index is 2.13. The monoisotopic (exact) mass is 221 g/mol. The fourth-order valence-corrected chi connectivity index (χ4v) is 1.82. The maximum absolute atomic E-state index is 4.21. The molecule has 1 aromatic carbocycles. The highest BCUT2D eigenvalue weighted by atomic mass is 15.0. The molecule has 0 amide bonds. The fourth-order valence-electron chi connectivity index (χ4n) is 1.82. The van der Waals surface area contributed by atoms with Crippen molar-refractivity contribution in [1.82, 2.24) is 14.5 Å². The Labute approximate surface area is 99.4 Å². The largest absolute Gasteiger partial charge is 0.299 e. The highest BCUT2D eigenvalue weighted by Crippen LogP contribution is 2.21. The first kappa shape index (κ1) is 9.78. The molecule has 3 heteroatoms. The van der Waals surface area contributed by atoms with E-state index in [2.05, 4.69) is 26.7 Å². The Morgan fingerprint density at radius 1 is 0.824 bits per heavy atom. The molecular formula is C14H11N3. The van der Waals surface area contributed by atoms with Crippen LogP contribution in [0.15, 0.2) is 67.4 Å². The number of hydrogen-bond donors (Lipinski definition) is 0. The van der Waals surface area contributed by atoms with Crippen molar-refractivity contribution >= 4 is 0 Å². The molecule has 0 aliphatic carbocycles. The lowest BCUT2D eigenvalue weighted by atomic mass is 10.2. The number of hydrogen-bond acceptors (Lipinski definition) is 2. The van der Waals surface area contributed by atoms with Gasteiger partial charge >= 0.3 is 0 Å². The molecule has 0 unspecified atom stereocenters. The van der Waals surface area contributed by atoms with Gasteiger partial charge in [-0.05, 0) is 24.3 Å². The van der Waals surface area contributed by atoms with E-state index >= 15 is 0 Å². The van der Waals surface area contributed by atoms with Crippen molar-refractivity contribution in [2.75, 3.05) is 0 Å². The normalized spacial score (nSPS) is 10.4. The molecule has 2 aromatic heterocycles. The SMILES string of the molecule is c1ccc(-n2cncc2-c2cccnc2)cc1. The summed E-state index contributed by atoms with van der Waals surface area (Å²) < 4.78 is 2.05. The third kappa shape index (κ3) is 1.83. The third-order valence-electron chi connectivity index (χ3n) is 2.63. The summed E-state index contributed by atoms with van der Waals surface area (Å²) in [6.45, 7) is 0. The highest BCUT2D eigenvalue weighted by Gasteiger charge is 2.05. The van der Waals surface area contributed by atoms with E-state index in [1.54, 1.807) is 6.20 Å². The highest BCUT2D eigenvalue weighted by molar-refractivity contribution is 5.60. The molecule has 3 nitrogen and oxygen atoms in total. The van der Waals surface area contributed by atoms with Crippen LogP contribution in [0.1, 0.15) is 0 Å². The van der Waals surface area contributed by atoms with Gasteiger partial charge in [-0.2, -0.15) is 0 Å². The standard InChI is InChI=1S/C14H11N3/c1-2-6-13(7-3-1)17-11-16-10-14(17)12-5-4-8-15-9-12/h1-11H. The number of rotatable bonds is 2. The lowest BCUT2D eigenvalue weighted by Crippen LogP contribution is -1.94. The number of pyridine rings is 1. The summed E-state index contributed by atoms with van der Waals surface area (Å²) >= 11 is 0. The van der Waals surface area contributed by atoms with Crippen molar-refractivity contribution in [3.8, 4) is 16.9 Å². The first-order valence-corrected chi connectivity index (χ1v) is 5.43. The molecular weight excluding hydrogens is 210 g/mol. The average molecular weight is 221 g/mol. The van der Waals surface area contributed by atoms with E-state index in [0.717, 1.165) is 16.9 Å². The zero-order valence-electron chi connectivity index (χ0n) is 9.19. The van der Waals surface area contributed by atoms with Gasteiger partial charge in [-0.3, -0.25) is 9.55 Å². The lowest BCUT2D eigenvalue weighted by Gasteiger charge is -2.07. The van der Waals surface area contributed by atoms with Crippen LogP contribution in [0.4, 0.5) is 0 Å². The lowest BCUT2D eigenvalue weighted by molar-refractivity contribution is 1.06. The number of para-hydroxylation sites is 1. The van der Waals surface area contributed by atoms with E-state index in [1.165, 1.54) is 0 Å². The molecule has 0 N–H and O–H groups in total. The van der Waals surface area contributed by atoms with Gasteiger partial charge in [0.2, 0.25) is 0 Å². The predicted octanol–water partition coefficient (Wildman–Crippen LogP) is 2.93. The van der Waals surface area contributed by atoms with Crippen molar-refractivity contribution in [2.24, 2.45) is 0 Å². The van der Waals surface area contributed by atoms with Gasteiger partial charge in [0.25, 0.3) is 0 Å². The van der Waals surface area contributed by atoms with E-state index in [4.69, 9.17) is 0 Å². The summed E-state index contributed by atoms with van der Waals surface area (Å²) in [6, 6.07) is 14.1. The second-order valence-corrected chi connectivity index (χ2v) is 3.73. The molecule has 82 valence electrons. The summed E-state index contributed by atoms with van der Waals surface area (Å²) in [5, 5.41) is 0. The third-order valence-corrected chi connectivity index (χ3v) is 2.63. The number of imidazole rings is 1. The Morgan fingerprint density at radius 3 is 2.47 bits per heavy atom. The van der Waals surface area contributed by atoms with Crippen LogP contribution in [0.25, 0.3) is 16.9 Å². The van der Waals surface area contributed by atoms with E-state index in [9.17, 15) is 0 Å². The topological polar surface area (TPSA) is 30.7 Å². The van der Waals surface area contributed by atoms with Crippen LogP contribution in [-0.4, -0.2) is 14.5 Å². The van der Waals surface area contributed by atoms with Crippen LogP contribution in [-0.2, 0) is 0 Å². The summed E-state index contributed by atoms with van der Waals surface area (Å²) in [6.07, 6.45) is 7.28. The molecule has 0 saturated heterocycles. The molecule has 0 aliphatic heterocycles. The molecule has 2 heterocycles. The second kappa shape index (κ2) is 4.22. The van der Waals surface area contributed by atoms with Crippen LogP contribution in [0.2, 0.25) is 0 Å². The molecule has 0 radical (unpaired) electrons. The van der Waals surface area contributed by atoms with E-state index in [-0.39, 0.29) is 0 Å². The Kier molecular flexibility index (Phi) is 2.43. The zero-order chi connectivity index (χ0) is 11.5. The first-order valence-electron chi connectivity index (χ1n) is 5.43. The summed E-state index contributed by atoms with van der Waals surface area (Å²) in [4.78, 5) is 8.34. The second-order valence-electron chi connectivity index (χ2n) is 3.73. The summed E-state index contributed by atoms with van der Waals surface area (Å²) in [5.74, 6) is 0. The van der Waals surface area contributed by atoms with Gasteiger partial charge in [0, 0.05) is 23.6 Å². The van der Waals surface area contributed by atoms with Crippen LogP contribution < -0.4 is 0 Å². The van der Waals surface area contributed by atoms with Gasteiger partial charge in [-0.25, -0.2) is 4.98 Å². The smallest absolute Gasteiger partial charge is 0.0997 e. The van der Waals surface area contributed by atoms with Gasteiger partial charge in [0.15, 0.2) is 0 Å². The molecule has 0 saturated carbocycles. The Hall–Kier alpha value is -2.42. The molecule has 0 spiro atoms. The van der Waals surface area contributed by atoms with E-state index < -0.39 is 0 Å². The molecule has 0 atom stereocenters. The summed E-state index contributed by atoms with van der Waals surface area (Å²) in [7, 11) is 0. The van der Waals surface area contributed by atoms with Crippen molar-refractivity contribution in [2.45, 2.75) is 0 Å². The predicted molar refractivity (Wildman–Crippen MR) is 66.8 cm³/mol. The molecule has 17 heavy (non-hydrogen) atoms. The number of benzene rings is 1. The van der Waals surface area contributed by atoms with Crippen molar-refractivity contribution < 1.29 is 0 Å². The molecule has 3 aromatic rings. The minimum Gasteiger partial charge on any atom is -0.299 e. The van der Waals surface area contributed by atoms with Gasteiger partial charge in [0.05, 0.1) is 18.2 Å². The maximum atomic E-state index is 4.21. The quantitative estimate of drug-likeness (QED) is 0.666. The molecule has 0 aliphatic rings. The van der Waals surface area contributed by atoms with Crippen molar-refractivity contribution in [3.63, 3.8) is 0 Å². The Bertz CT molecular complexity index is 546. The van der Waals surface area contributed by atoms with Crippen LogP contribution >= 0.6 is 0 Å². The maximum Gasteiger partial charge on any atom is 0.0997 e. The first-order chi connectivity index (χ1) is 8.45. The summed E-state index contributed by atoms with van der Waals surface area (Å²) in [5.41, 5.74) is 3.21. The molecule has 0 fully saturated rings. The average Bonchev–Trinajstić information content (AvgIpc) is 2.90. The minimum absolute atomic E-state index is 1.05. The van der Waals surface area contributed by atoms with E-state index in [0.29, 0.717) is 0 Å². The van der Waals surface area contributed by atoms with Crippen LogP contribution in [0, 0.1) is 0 Å². The van der Waals surface area contributed by atoms with Crippen molar-refractivity contribution in [3.05, 3.63) is 67.4 Å². The molecule has 3 rings (SSSR count). The Morgan fingerprint density at radius 2 is 1.71 bits per heavy atom. The van der Waals surface area contributed by atoms with Gasteiger partial charge in [-0.15, -0.1) is 0 Å².